The van der Waals surface area contributed by atoms with Gasteiger partial charge in [-0.05, 0) is 78.9 Å². The largest absolute Gasteiger partial charge is 0.476 e. The van der Waals surface area contributed by atoms with Gasteiger partial charge in [-0.3, -0.25) is 4.79 Å². The first kappa shape index (κ1) is 25.0. The fourth-order valence-electron chi connectivity index (χ4n) is 3.66. The molecular weight excluding hydrogens is 394 g/mol. The number of carbonyl (C=O) groups excluding carboxylic acids is 2. The van der Waals surface area contributed by atoms with E-state index in [0.29, 0.717) is 25.4 Å². The molecule has 1 aliphatic rings. The summed E-state index contributed by atoms with van der Waals surface area (Å²) in [6, 6.07) is 2.04. The number of aromatic nitrogens is 1. The molecule has 1 saturated heterocycles. The summed E-state index contributed by atoms with van der Waals surface area (Å²) in [5, 5.41) is 3.21. The Morgan fingerprint density at radius 2 is 1.90 bits per heavy atom. The summed E-state index contributed by atoms with van der Waals surface area (Å²) in [5.41, 5.74) is 0.806. The second-order valence-electron chi connectivity index (χ2n) is 10.3. The van der Waals surface area contributed by atoms with Crippen molar-refractivity contribution in [3.63, 3.8) is 0 Å². The number of rotatable bonds is 6. The highest BCUT2D eigenvalue weighted by Gasteiger charge is 2.36. The van der Waals surface area contributed by atoms with E-state index in [9.17, 15) is 9.59 Å². The Morgan fingerprint density at radius 3 is 2.48 bits per heavy atom. The van der Waals surface area contributed by atoms with Crippen molar-refractivity contribution in [1.29, 1.82) is 0 Å². The molecule has 31 heavy (non-hydrogen) atoms. The molecule has 0 radical (unpaired) electrons. The van der Waals surface area contributed by atoms with Crippen LogP contribution in [0.3, 0.4) is 0 Å². The van der Waals surface area contributed by atoms with E-state index in [0.717, 1.165) is 17.5 Å². The predicted octanol–water partition coefficient (Wildman–Crippen LogP) is 4.26. The third-order valence-corrected chi connectivity index (χ3v) is 5.58. The van der Waals surface area contributed by atoms with Gasteiger partial charge in [-0.15, -0.1) is 0 Å². The van der Waals surface area contributed by atoms with Crippen LogP contribution in [-0.4, -0.2) is 53.2 Å². The lowest BCUT2D eigenvalue weighted by atomic mass is 9.87. The Morgan fingerprint density at radius 1 is 1.23 bits per heavy atom. The van der Waals surface area contributed by atoms with Gasteiger partial charge in [0, 0.05) is 30.9 Å². The molecule has 7 nitrogen and oxygen atoms in total. The smallest absolute Gasteiger partial charge is 0.410 e. The summed E-state index contributed by atoms with van der Waals surface area (Å²) in [7, 11) is 0. The molecule has 1 fully saturated rings. The fourth-order valence-corrected chi connectivity index (χ4v) is 3.66. The number of amides is 2. The molecule has 2 atom stereocenters. The Balaban J connectivity index is 1.94. The number of aryl methyl sites for hydroxylation is 2. The number of pyridine rings is 1. The van der Waals surface area contributed by atoms with Crippen molar-refractivity contribution in [3.8, 4) is 5.88 Å². The second kappa shape index (κ2) is 9.88. The molecule has 2 unspecified atom stereocenters. The van der Waals surface area contributed by atoms with E-state index in [1.165, 1.54) is 0 Å². The Kier molecular flexibility index (Phi) is 7.95. The molecule has 0 aromatic carbocycles. The summed E-state index contributed by atoms with van der Waals surface area (Å²) in [5.74, 6) is 0.693. The first-order valence-electron chi connectivity index (χ1n) is 11.2. The van der Waals surface area contributed by atoms with Crippen LogP contribution in [0.1, 0.15) is 65.5 Å². The van der Waals surface area contributed by atoms with Crippen molar-refractivity contribution in [2.75, 3.05) is 19.7 Å². The van der Waals surface area contributed by atoms with Gasteiger partial charge in [0.1, 0.15) is 12.2 Å². The Bertz CT molecular complexity index is 786. The first-order valence-corrected chi connectivity index (χ1v) is 11.2. The molecule has 2 heterocycles. The van der Waals surface area contributed by atoms with Crippen LogP contribution in [0.2, 0.25) is 0 Å². The highest BCUT2D eigenvalue weighted by Crippen LogP contribution is 2.25. The molecule has 7 heteroatoms. The zero-order valence-electron chi connectivity index (χ0n) is 20.4. The van der Waals surface area contributed by atoms with Crippen molar-refractivity contribution >= 4 is 12.0 Å². The van der Waals surface area contributed by atoms with Gasteiger partial charge in [-0.2, -0.15) is 0 Å². The van der Waals surface area contributed by atoms with E-state index < -0.39 is 11.0 Å². The van der Waals surface area contributed by atoms with Gasteiger partial charge in [-0.25, -0.2) is 9.78 Å². The first-order chi connectivity index (χ1) is 14.3. The maximum atomic E-state index is 13.0. The van der Waals surface area contributed by atoms with Crippen molar-refractivity contribution in [1.82, 2.24) is 15.2 Å². The number of hydrogen-bond acceptors (Lipinski definition) is 5. The minimum Gasteiger partial charge on any atom is -0.476 e. The van der Waals surface area contributed by atoms with E-state index in [2.05, 4.69) is 17.2 Å². The predicted molar refractivity (Wildman–Crippen MR) is 121 cm³/mol. The highest BCUT2D eigenvalue weighted by molar-refractivity contribution is 5.82. The van der Waals surface area contributed by atoms with Crippen LogP contribution in [0.15, 0.2) is 12.3 Å². The quantitative estimate of drug-likeness (QED) is 0.725. The zero-order chi connectivity index (χ0) is 23.4. The lowest BCUT2D eigenvalue weighted by molar-refractivity contribution is -0.132. The van der Waals surface area contributed by atoms with Crippen LogP contribution >= 0.6 is 0 Å². The minimum atomic E-state index is -0.709. The van der Waals surface area contributed by atoms with Crippen LogP contribution in [-0.2, 0) is 9.53 Å². The summed E-state index contributed by atoms with van der Waals surface area (Å²) in [4.78, 5) is 31.5. The fraction of sp³-hybridized carbons (Fsp3) is 0.708. The minimum absolute atomic E-state index is 0.0229. The molecule has 174 valence electrons. The molecule has 2 rings (SSSR count). The maximum absolute atomic E-state index is 13.0. The molecule has 1 N–H and O–H groups in total. The van der Waals surface area contributed by atoms with Crippen LogP contribution in [0.5, 0.6) is 5.88 Å². The zero-order valence-corrected chi connectivity index (χ0v) is 20.4. The maximum Gasteiger partial charge on any atom is 0.410 e. The Hall–Kier alpha value is -2.31. The van der Waals surface area contributed by atoms with Gasteiger partial charge in [0.25, 0.3) is 0 Å². The molecule has 1 aromatic heterocycles. The lowest BCUT2D eigenvalue weighted by Crippen LogP contribution is -2.55. The number of nitrogens with zero attached hydrogens (tertiary/aromatic N) is 2. The number of hydrogen-bond donors (Lipinski definition) is 1. The molecular formula is C24H39N3O4. The number of likely N-dealkylation sites (tertiary alicyclic amines) is 1. The van der Waals surface area contributed by atoms with Gasteiger partial charge in [0.15, 0.2) is 0 Å². The molecule has 0 aliphatic carbocycles. The van der Waals surface area contributed by atoms with Gasteiger partial charge in [0.05, 0.1) is 5.41 Å². The number of piperidine rings is 1. The third kappa shape index (κ3) is 7.11. The molecule has 0 bridgehead atoms. The summed E-state index contributed by atoms with van der Waals surface area (Å²) in [6.07, 6.45) is 3.05. The van der Waals surface area contributed by atoms with Crippen molar-refractivity contribution in [2.45, 2.75) is 79.9 Å². The number of carbonyl (C=O) groups is 2. The van der Waals surface area contributed by atoms with Crippen LogP contribution in [0, 0.1) is 25.2 Å². The Labute approximate surface area is 186 Å². The van der Waals surface area contributed by atoms with E-state index >= 15 is 0 Å². The van der Waals surface area contributed by atoms with E-state index in [1.807, 2.05) is 54.5 Å². The van der Waals surface area contributed by atoms with Gasteiger partial charge in [-0.1, -0.05) is 6.92 Å². The normalized spacial score (nSPS) is 19.7. The second-order valence-corrected chi connectivity index (χ2v) is 10.3. The average Bonchev–Trinajstić information content (AvgIpc) is 2.66. The SMILES string of the molecule is CCC1CN(C(=O)OC(C)(C)C)CCC1NC(=O)C(C)(C)COc1ncc(C)cc1C. The molecule has 1 aliphatic heterocycles. The monoisotopic (exact) mass is 433 g/mol. The van der Waals surface area contributed by atoms with Crippen molar-refractivity contribution in [2.24, 2.45) is 11.3 Å². The standard InChI is InChI=1S/C24H39N3O4/c1-9-18-14-27(22(29)31-23(4,5)6)11-10-19(18)26-21(28)24(7,8)15-30-20-17(3)12-16(2)13-25-20/h12-13,18-19H,9-11,14-15H2,1-8H3,(H,26,28). The summed E-state index contributed by atoms with van der Waals surface area (Å²) < 4.78 is 11.4. The van der Waals surface area contributed by atoms with Crippen LogP contribution < -0.4 is 10.1 Å². The van der Waals surface area contributed by atoms with Gasteiger partial charge in [0.2, 0.25) is 11.8 Å². The van der Waals surface area contributed by atoms with Crippen LogP contribution in [0.4, 0.5) is 4.79 Å². The molecule has 0 spiro atoms. The van der Waals surface area contributed by atoms with E-state index in [-0.39, 0.29) is 30.6 Å². The molecule has 2 amide bonds. The summed E-state index contributed by atoms with van der Waals surface area (Å²) in [6.45, 7) is 16.8. The average molecular weight is 434 g/mol. The molecule has 1 aromatic rings. The lowest BCUT2D eigenvalue weighted by Gasteiger charge is -2.40. The van der Waals surface area contributed by atoms with Gasteiger partial charge >= 0.3 is 6.09 Å². The van der Waals surface area contributed by atoms with Crippen LogP contribution in [0.25, 0.3) is 0 Å². The van der Waals surface area contributed by atoms with Gasteiger partial charge < -0.3 is 19.7 Å². The van der Waals surface area contributed by atoms with Crippen molar-refractivity contribution < 1.29 is 19.1 Å². The third-order valence-electron chi connectivity index (χ3n) is 5.58. The highest BCUT2D eigenvalue weighted by atomic mass is 16.6. The van der Waals surface area contributed by atoms with E-state index in [1.54, 1.807) is 11.1 Å². The molecule has 0 saturated carbocycles. The summed E-state index contributed by atoms with van der Waals surface area (Å²) >= 11 is 0. The topological polar surface area (TPSA) is 80.8 Å². The number of nitrogens with one attached hydrogen (secondary N) is 1. The van der Waals surface area contributed by atoms with Crippen molar-refractivity contribution in [3.05, 3.63) is 23.4 Å². The van der Waals surface area contributed by atoms with E-state index in [4.69, 9.17) is 9.47 Å². The number of ether oxygens (including phenoxy) is 2.